The van der Waals surface area contributed by atoms with E-state index in [1.54, 1.807) is 24.3 Å². The molecule has 0 aromatic heterocycles. The number of nitrogens with one attached hydrogen (secondary N) is 3. The maximum atomic E-state index is 13.7. The van der Waals surface area contributed by atoms with Gasteiger partial charge in [0.05, 0.1) is 23.0 Å². The van der Waals surface area contributed by atoms with Crippen LogP contribution in [0.1, 0.15) is 24.9 Å². The molecule has 1 saturated heterocycles. The molecule has 0 radical (unpaired) electrons. The van der Waals surface area contributed by atoms with Gasteiger partial charge in [0, 0.05) is 11.6 Å². The van der Waals surface area contributed by atoms with Gasteiger partial charge in [-0.3, -0.25) is 9.52 Å². The summed E-state index contributed by atoms with van der Waals surface area (Å²) in [5.41, 5.74) is 0.745. The predicted molar refractivity (Wildman–Crippen MR) is 107 cm³/mol. The fourth-order valence-electron chi connectivity index (χ4n) is 3.09. The average Bonchev–Trinajstić information content (AvgIpc) is 3.15. The predicted octanol–water partition coefficient (Wildman–Crippen LogP) is 2.83. The lowest BCUT2D eigenvalue weighted by Gasteiger charge is -2.18. The summed E-state index contributed by atoms with van der Waals surface area (Å²) in [6.45, 7) is 1.93. The van der Waals surface area contributed by atoms with Crippen LogP contribution in [0.5, 0.6) is 0 Å². The van der Waals surface area contributed by atoms with Gasteiger partial charge < -0.3 is 10.6 Å². The molecular weight excluding hydrogens is 405 g/mol. The van der Waals surface area contributed by atoms with Crippen molar-refractivity contribution in [1.29, 1.82) is 0 Å². The maximum absolute atomic E-state index is 13.7. The number of carbonyl (C=O) groups is 1. The largest absolute Gasteiger partial charge is 0.348 e. The standard InChI is InChI=1S/C19H21ClFN3O3S/c1-12(13-5-4-6-14(20)9-13)23-19(25)18-10-15(11-22-18)28(26,27)24-17-8-3-2-7-16(17)21/h2-9,12,15,18,22,24H,10-11H2,1H3,(H,23,25). The van der Waals surface area contributed by atoms with E-state index in [0.717, 1.165) is 5.56 Å². The second-order valence-electron chi connectivity index (χ2n) is 6.73. The van der Waals surface area contributed by atoms with Crippen molar-refractivity contribution in [3.05, 3.63) is 64.9 Å². The number of hydrogen-bond acceptors (Lipinski definition) is 4. The van der Waals surface area contributed by atoms with E-state index in [2.05, 4.69) is 15.4 Å². The summed E-state index contributed by atoms with van der Waals surface area (Å²) in [4.78, 5) is 12.5. The van der Waals surface area contributed by atoms with Gasteiger partial charge in [0.1, 0.15) is 5.82 Å². The second-order valence-corrected chi connectivity index (χ2v) is 9.13. The molecular formula is C19H21ClFN3O3S. The zero-order valence-corrected chi connectivity index (χ0v) is 16.7. The second kappa shape index (κ2) is 8.46. The zero-order chi connectivity index (χ0) is 20.3. The third-order valence-corrected chi connectivity index (χ3v) is 6.66. The fourth-order valence-corrected chi connectivity index (χ4v) is 4.69. The average molecular weight is 426 g/mol. The highest BCUT2D eigenvalue weighted by Crippen LogP contribution is 2.22. The van der Waals surface area contributed by atoms with Crippen LogP contribution < -0.4 is 15.4 Å². The van der Waals surface area contributed by atoms with Crippen LogP contribution in [0.4, 0.5) is 10.1 Å². The molecule has 1 fully saturated rings. The molecule has 3 N–H and O–H groups in total. The fraction of sp³-hybridized carbons (Fsp3) is 0.316. The van der Waals surface area contributed by atoms with Crippen LogP contribution in [-0.4, -0.2) is 32.2 Å². The molecule has 9 heteroatoms. The van der Waals surface area contributed by atoms with Crippen LogP contribution in [0.2, 0.25) is 5.02 Å². The van der Waals surface area contributed by atoms with Crippen molar-refractivity contribution in [3.8, 4) is 0 Å². The highest BCUT2D eigenvalue weighted by atomic mass is 35.5. The SMILES string of the molecule is CC(NC(=O)C1CC(S(=O)(=O)Nc2ccccc2F)CN1)c1cccc(Cl)c1. The Bertz CT molecular complexity index is 970. The summed E-state index contributed by atoms with van der Waals surface area (Å²) < 4.78 is 41.1. The van der Waals surface area contributed by atoms with Gasteiger partial charge in [-0.15, -0.1) is 0 Å². The summed E-state index contributed by atoms with van der Waals surface area (Å²) >= 11 is 5.97. The minimum Gasteiger partial charge on any atom is -0.348 e. The van der Waals surface area contributed by atoms with Crippen LogP contribution in [0, 0.1) is 5.82 Å². The Balaban J connectivity index is 1.61. The van der Waals surface area contributed by atoms with Gasteiger partial charge in [0.2, 0.25) is 15.9 Å². The Morgan fingerprint density at radius 3 is 2.71 bits per heavy atom. The molecule has 1 aliphatic heterocycles. The third-order valence-electron chi connectivity index (χ3n) is 4.68. The summed E-state index contributed by atoms with van der Waals surface area (Å²) in [5, 5.41) is 5.52. The lowest BCUT2D eigenvalue weighted by Crippen LogP contribution is -2.41. The Hall–Kier alpha value is -2.16. The summed E-state index contributed by atoms with van der Waals surface area (Å²) in [7, 11) is -3.84. The van der Waals surface area contributed by atoms with Crippen molar-refractivity contribution in [2.75, 3.05) is 11.3 Å². The van der Waals surface area contributed by atoms with Crippen molar-refractivity contribution < 1.29 is 17.6 Å². The van der Waals surface area contributed by atoms with Gasteiger partial charge in [-0.25, -0.2) is 12.8 Å². The van der Waals surface area contributed by atoms with E-state index in [1.165, 1.54) is 18.2 Å². The van der Waals surface area contributed by atoms with Gasteiger partial charge in [-0.2, -0.15) is 0 Å². The van der Waals surface area contributed by atoms with Crippen LogP contribution in [0.15, 0.2) is 48.5 Å². The molecule has 1 amide bonds. The Morgan fingerprint density at radius 1 is 1.25 bits per heavy atom. The van der Waals surface area contributed by atoms with E-state index in [-0.39, 0.29) is 30.6 Å². The number of rotatable bonds is 6. The van der Waals surface area contributed by atoms with Gasteiger partial charge in [0.15, 0.2) is 0 Å². The van der Waals surface area contributed by atoms with Crippen molar-refractivity contribution in [2.45, 2.75) is 30.7 Å². The van der Waals surface area contributed by atoms with Gasteiger partial charge in [0.25, 0.3) is 0 Å². The smallest absolute Gasteiger partial charge is 0.237 e. The normalized spacial score (nSPS) is 20.5. The molecule has 1 heterocycles. The molecule has 150 valence electrons. The maximum Gasteiger partial charge on any atom is 0.237 e. The molecule has 3 unspecified atom stereocenters. The van der Waals surface area contributed by atoms with Crippen LogP contribution in [0.3, 0.4) is 0 Å². The molecule has 2 aromatic carbocycles. The van der Waals surface area contributed by atoms with E-state index in [0.29, 0.717) is 5.02 Å². The first-order valence-corrected chi connectivity index (χ1v) is 10.7. The Labute approximate surface area is 168 Å². The molecule has 3 rings (SSSR count). The molecule has 28 heavy (non-hydrogen) atoms. The minimum absolute atomic E-state index is 0.0951. The summed E-state index contributed by atoms with van der Waals surface area (Å²) in [6.07, 6.45) is 0.0951. The molecule has 0 bridgehead atoms. The molecule has 0 spiro atoms. The Kier molecular flexibility index (Phi) is 6.22. The number of hydrogen-bond donors (Lipinski definition) is 3. The van der Waals surface area contributed by atoms with Crippen molar-refractivity contribution >= 4 is 33.2 Å². The van der Waals surface area contributed by atoms with E-state index >= 15 is 0 Å². The van der Waals surface area contributed by atoms with Crippen molar-refractivity contribution in [2.24, 2.45) is 0 Å². The number of anilines is 1. The highest BCUT2D eigenvalue weighted by molar-refractivity contribution is 7.93. The zero-order valence-electron chi connectivity index (χ0n) is 15.2. The molecule has 3 atom stereocenters. The quantitative estimate of drug-likeness (QED) is 0.664. The number of halogens is 2. The molecule has 6 nitrogen and oxygen atoms in total. The van der Waals surface area contributed by atoms with Gasteiger partial charge >= 0.3 is 0 Å². The first-order valence-electron chi connectivity index (χ1n) is 8.81. The highest BCUT2D eigenvalue weighted by Gasteiger charge is 2.37. The van der Waals surface area contributed by atoms with Crippen LogP contribution in [-0.2, 0) is 14.8 Å². The molecule has 0 saturated carbocycles. The van der Waals surface area contributed by atoms with E-state index < -0.39 is 27.1 Å². The van der Waals surface area contributed by atoms with Crippen LogP contribution >= 0.6 is 11.6 Å². The van der Waals surface area contributed by atoms with E-state index in [4.69, 9.17) is 11.6 Å². The number of benzene rings is 2. The van der Waals surface area contributed by atoms with E-state index in [1.807, 2.05) is 13.0 Å². The van der Waals surface area contributed by atoms with Crippen molar-refractivity contribution in [3.63, 3.8) is 0 Å². The topological polar surface area (TPSA) is 87.3 Å². The third kappa shape index (κ3) is 4.81. The van der Waals surface area contributed by atoms with Crippen LogP contribution in [0.25, 0.3) is 0 Å². The number of amides is 1. The first-order chi connectivity index (χ1) is 13.3. The number of sulfonamides is 1. The van der Waals surface area contributed by atoms with E-state index in [9.17, 15) is 17.6 Å². The lowest BCUT2D eigenvalue weighted by molar-refractivity contribution is -0.123. The Morgan fingerprint density at radius 2 is 2.00 bits per heavy atom. The lowest BCUT2D eigenvalue weighted by atomic mass is 10.1. The molecule has 0 aliphatic carbocycles. The van der Waals surface area contributed by atoms with Crippen molar-refractivity contribution in [1.82, 2.24) is 10.6 Å². The van der Waals surface area contributed by atoms with Gasteiger partial charge in [-0.05, 0) is 43.2 Å². The number of carbonyl (C=O) groups excluding carboxylic acids is 1. The summed E-state index contributed by atoms with van der Waals surface area (Å²) in [6, 6.07) is 11.8. The number of para-hydroxylation sites is 1. The summed E-state index contributed by atoms with van der Waals surface area (Å²) in [5.74, 6) is -0.947. The molecule has 1 aliphatic rings. The minimum atomic E-state index is -3.84. The first kappa shape index (κ1) is 20.6. The monoisotopic (exact) mass is 425 g/mol. The van der Waals surface area contributed by atoms with Gasteiger partial charge in [-0.1, -0.05) is 35.9 Å². The molecule has 2 aromatic rings.